The average Bonchev–Trinajstić information content (AvgIpc) is 3.45. The van der Waals surface area contributed by atoms with E-state index in [0.29, 0.717) is 36.8 Å². The van der Waals surface area contributed by atoms with Crippen LogP contribution in [0.5, 0.6) is 11.5 Å². The van der Waals surface area contributed by atoms with Gasteiger partial charge in [-0.3, -0.25) is 9.59 Å². The van der Waals surface area contributed by atoms with Crippen LogP contribution in [0.25, 0.3) is 0 Å². The number of rotatable bonds is 8. The molecule has 3 N–H and O–H groups in total. The molecule has 1 aliphatic carbocycles. The topological polar surface area (TPSA) is 97.9 Å². The summed E-state index contributed by atoms with van der Waals surface area (Å²) in [7, 11) is 1.53. The van der Waals surface area contributed by atoms with Crippen LogP contribution in [0.15, 0.2) is 18.2 Å². The van der Waals surface area contributed by atoms with Crippen molar-refractivity contribution in [3.8, 4) is 11.5 Å². The zero-order valence-corrected chi connectivity index (χ0v) is 14.9. The minimum atomic E-state index is -0.160. The van der Waals surface area contributed by atoms with E-state index in [0.717, 1.165) is 19.4 Å². The lowest BCUT2D eigenvalue weighted by molar-refractivity contribution is -0.123. The Morgan fingerprint density at radius 1 is 1.27 bits per heavy atom. The highest BCUT2D eigenvalue weighted by molar-refractivity contribution is 5.91. The second-order valence-corrected chi connectivity index (χ2v) is 6.47. The fourth-order valence-corrected chi connectivity index (χ4v) is 2.69. The molecule has 8 heteroatoms. The number of carbonyl (C=O) groups is 2. The van der Waals surface area contributed by atoms with E-state index in [-0.39, 0.29) is 30.5 Å². The van der Waals surface area contributed by atoms with Crippen LogP contribution in [0, 0.1) is 0 Å². The number of ether oxygens (including phenoxy) is 3. The van der Waals surface area contributed by atoms with E-state index in [1.54, 1.807) is 18.2 Å². The van der Waals surface area contributed by atoms with Crippen LogP contribution in [0.2, 0.25) is 0 Å². The summed E-state index contributed by atoms with van der Waals surface area (Å²) in [6.45, 7) is 1.86. The maximum absolute atomic E-state index is 12.2. The number of morpholine rings is 1. The number of anilines is 1. The molecule has 1 aliphatic heterocycles. The number of hydrogen-bond donors (Lipinski definition) is 3. The van der Waals surface area contributed by atoms with Gasteiger partial charge in [0.15, 0.2) is 18.1 Å². The van der Waals surface area contributed by atoms with Gasteiger partial charge in [-0.05, 0) is 25.0 Å². The zero-order chi connectivity index (χ0) is 18.4. The van der Waals surface area contributed by atoms with Gasteiger partial charge in [0.2, 0.25) is 5.91 Å². The number of nitrogens with one attached hydrogen (secondary N) is 3. The lowest BCUT2D eigenvalue weighted by Gasteiger charge is -2.23. The molecule has 1 aromatic rings. The van der Waals surface area contributed by atoms with E-state index in [2.05, 4.69) is 16.0 Å². The van der Waals surface area contributed by atoms with Crippen molar-refractivity contribution in [2.45, 2.75) is 31.3 Å². The van der Waals surface area contributed by atoms with Gasteiger partial charge in [-0.15, -0.1) is 0 Å². The number of carbonyl (C=O) groups excluding carboxylic acids is 2. The molecule has 2 amide bonds. The molecule has 1 heterocycles. The van der Waals surface area contributed by atoms with Crippen molar-refractivity contribution in [2.75, 3.05) is 38.8 Å². The summed E-state index contributed by atoms with van der Waals surface area (Å²) in [5.41, 5.74) is 0.588. The Labute approximate surface area is 152 Å². The highest BCUT2D eigenvalue weighted by Crippen LogP contribution is 2.30. The predicted octanol–water partition coefficient (Wildman–Crippen LogP) is 0.670. The molecule has 2 fully saturated rings. The molecule has 0 aromatic heterocycles. The second kappa shape index (κ2) is 8.86. The number of benzene rings is 1. The van der Waals surface area contributed by atoms with E-state index < -0.39 is 0 Å². The van der Waals surface area contributed by atoms with Crippen LogP contribution in [0.1, 0.15) is 19.3 Å². The third-order valence-corrected chi connectivity index (χ3v) is 4.18. The normalized spacial score (nSPS) is 19.5. The Morgan fingerprint density at radius 3 is 2.81 bits per heavy atom. The molecule has 1 aromatic carbocycles. The fourth-order valence-electron chi connectivity index (χ4n) is 2.69. The van der Waals surface area contributed by atoms with Crippen LogP contribution < -0.4 is 25.4 Å². The molecule has 0 radical (unpaired) electrons. The molecule has 1 saturated carbocycles. The molecule has 0 bridgehead atoms. The highest BCUT2D eigenvalue weighted by Gasteiger charge is 2.23. The van der Waals surface area contributed by atoms with Gasteiger partial charge in [0.05, 0.1) is 20.3 Å². The Morgan fingerprint density at radius 2 is 2.12 bits per heavy atom. The predicted molar refractivity (Wildman–Crippen MR) is 95.5 cm³/mol. The first-order valence-electron chi connectivity index (χ1n) is 8.85. The summed E-state index contributed by atoms with van der Waals surface area (Å²) in [6.07, 6.45) is 2.38. The van der Waals surface area contributed by atoms with E-state index in [1.165, 1.54) is 7.11 Å². The van der Waals surface area contributed by atoms with Crippen LogP contribution in [-0.4, -0.2) is 57.4 Å². The summed E-state index contributed by atoms with van der Waals surface area (Å²) in [6, 6.07) is 5.40. The minimum Gasteiger partial charge on any atom is -0.493 e. The zero-order valence-electron chi connectivity index (χ0n) is 14.9. The third-order valence-electron chi connectivity index (χ3n) is 4.18. The monoisotopic (exact) mass is 363 g/mol. The standard InChI is InChI=1S/C18H25N3O5/c1-24-15-5-4-13(21-17(22)9-14-10-25-7-6-19-14)8-16(15)26-11-18(23)20-12-2-3-12/h4-5,8,12,14,19H,2-3,6-7,9-11H2,1H3,(H,20,23)(H,21,22). The van der Waals surface area contributed by atoms with Gasteiger partial charge in [-0.1, -0.05) is 0 Å². The van der Waals surface area contributed by atoms with Gasteiger partial charge >= 0.3 is 0 Å². The first kappa shape index (κ1) is 18.5. The fraction of sp³-hybridized carbons (Fsp3) is 0.556. The maximum atomic E-state index is 12.2. The van der Waals surface area contributed by atoms with Gasteiger partial charge in [0.25, 0.3) is 5.91 Å². The Kier molecular flexibility index (Phi) is 6.30. The number of hydrogen-bond acceptors (Lipinski definition) is 6. The largest absolute Gasteiger partial charge is 0.493 e. The molecule has 1 saturated heterocycles. The van der Waals surface area contributed by atoms with Crippen molar-refractivity contribution >= 4 is 17.5 Å². The Bertz CT molecular complexity index is 642. The summed E-state index contributed by atoms with van der Waals surface area (Å²) < 4.78 is 16.2. The van der Waals surface area contributed by atoms with Crippen molar-refractivity contribution in [1.82, 2.24) is 10.6 Å². The molecule has 142 valence electrons. The molecule has 1 unspecified atom stereocenters. The first-order valence-corrected chi connectivity index (χ1v) is 8.85. The first-order chi connectivity index (χ1) is 12.6. The average molecular weight is 363 g/mol. The smallest absolute Gasteiger partial charge is 0.258 e. The Hall–Kier alpha value is -2.32. The van der Waals surface area contributed by atoms with Gasteiger partial charge in [-0.25, -0.2) is 0 Å². The maximum Gasteiger partial charge on any atom is 0.258 e. The number of methoxy groups -OCH3 is 1. The van der Waals surface area contributed by atoms with Gasteiger partial charge in [0.1, 0.15) is 0 Å². The summed E-state index contributed by atoms with van der Waals surface area (Å²) >= 11 is 0. The van der Waals surface area contributed by atoms with Crippen molar-refractivity contribution in [3.63, 3.8) is 0 Å². The molecular formula is C18H25N3O5. The Balaban J connectivity index is 1.54. The number of amides is 2. The van der Waals surface area contributed by atoms with Gasteiger partial charge in [-0.2, -0.15) is 0 Å². The van der Waals surface area contributed by atoms with Crippen LogP contribution >= 0.6 is 0 Å². The van der Waals surface area contributed by atoms with Crippen molar-refractivity contribution in [3.05, 3.63) is 18.2 Å². The van der Waals surface area contributed by atoms with E-state index >= 15 is 0 Å². The molecule has 1 atom stereocenters. The van der Waals surface area contributed by atoms with E-state index in [1.807, 2.05) is 0 Å². The second-order valence-electron chi connectivity index (χ2n) is 6.47. The molecule has 8 nitrogen and oxygen atoms in total. The molecular weight excluding hydrogens is 338 g/mol. The summed E-state index contributed by atoms with van der Waals surface area (Å²) in [5.74, 6) is 0.642. The summed E-state index contributed by atoms with van der Waals surface area (Å²) in [5, 5.41) is 8.94. The molecule has 0 spiro atoms. The third kappa shape index (κ3) is 5.60. The highest BCUT2D eigenvalue weighted by atomic mass is 16.5. The van der Waals surface area contributed by atoms with Crippen LogP contribution in [0.3, 0.4) is 0 Å². The van der Waals surface area contributed by atoms with Crippen molar-refractivity contribution in [2.24, 2.45) is 0 Å². The van der Waals surface area contributed by atoms with Gasteiger partial charge < -0.3 is 30.2 Å². The lowest BCUT2D eigenvalue weighted by atomic mass is 10.2. The molecule has 3 rings (SSSR count). The SMILES string of the molecule is COc1ccc(NC(=O)CC2COCCN2)cc1OCC(=O)NC1CC1. The van der Waals surface area contributed by atoms with Crippen molar-refractivity contribution < 1.29 is 23.8 Å². The molecule has 2 aliphatic rings. The van der Waals surface area contributed by atoms with Crippen LogP contribution in [0.4, 0.5) is 5.69 Å². The van der Waals surface area contributed by atoms with E-state index in [9.17, 15) is 9.59 Å². The minimum absolute atomic E-state index is 0.0174. The molecule has 26 heavy (non-hydrogen) atoms. The quantitative estimate of drug-likeness (QED) is 0.628. The lowest BCUT2D eigenvalue weighted by Crippen LogP contribution is -2.43. The van der Waals surface area contributed by atoms with Crippen molar-refractivity contribution in [1.29, 1.82) is 0 Å². The summed E-state index contributed by atoms with van der Waals surface area (Å²) in [4.78, 5) is 24.0. The van der Waals surface area contributed by atoms with Crippen LogP contribution in [-0.2, 0) is 14.3 Å². The van der Waals surface area contributed by atoms with E-state index in [4.69, 9.17) is 14.2 Å². The van der Waals surface area contributed by atoms with Gasteiger partial charge in [0, 0.05) is 36.8 Å².